The first-order valence-electron chi connectivity index (χ1n) is 4.29. The van der Waals surface area contributed by atoms with Gasteiger partial charge in [-0.1, -0.05) is 18.5 Å². The van der Waals surface area contributed by atoms with Gasteiger partial charge in [0.05, 0.1) is 0 Å². The van der Waals surface area contributed by atoms with Crippen LogP contribution in [0.1, 0.15) is 12.5 Å². The van der Waals surface area contributed by atoms with Gasteiger partial charge in [0, 0.05) is 17.2 Å². The second-order valence-corrected chi connectivity index (χ2v) is 3.72. The van der Waals surface area contributed by atoms with E-state index in [9.17, 15) is 8.78 Å². The highest BCUT2D eigenvalue weighted by molar-refractivity contribution is 6.31. The lowest BCUT2D eigenvalue weighted by atomic mass is 10.0. The van der Waals surface area contributed by atoms with Crippen LogP contribution in [0.15, 0.2) is 12.1 Å². The summed E-state index contributed by atoms with van der Waals surface area (Å²) in [6, 6.07) is 2.31. The van der Waals surface area contributed by atoms with Gasteiger partial charge in [-0.15, -0.1) is 0 Å². The van der Waals surface area contributed by atoms with Gasteiger partial charge in [-0.3, -0.25) is 0 Å². The van der Waals surface area contributed by atoms with Crippen LogP contribution >= 0.6 is 11.6 Å². The van der Waals surface area contributed by atoms with Crippen molar-refractivity contribution in [3.63, 3.8) is 0 Å². The van der Waals surface area contributed by atoms with E-state index in [-0.39, 0.29) is 29.5 Å². The van der Waals surface area contributed by atoms with Gasteiger partial charge in [-0.2, -0.15) is 0 Å². The Morgan fingerprint density at radius 3 is 2.64 bits per heavy atom. The number of hydrogen-bond donors (Lipinski definition) is 1. The van der Waals surface area contributed by atoms with Crippen molar-refractivity contribution in [2.24, 2.45) is 5.92 Å². The molecule has 0 bridgehead atoms. The Balaban J connectivity index is 3.00. The molecule has 0 aliphatic heterocycles. The molecular formula is C10H11ClF2O. The lowest BCUT2D eigenvalue weighted by molar-refractivity contribution is 0.236. The van der Waals surface area contributed by atoms with E-state index in [2.05, 4.69) is 0 Å². The third-order valence-corrected chi connectivity index (χ3v) is 2.36. The summed E-state index contributed by atoms with van der Waals surface area (Å²) in [5.41, 5.74) is 0.133. The van der Waals surface area contributed by atoms with E-state index < -0.39 is 11.6 Å². The maximum Gasteiger partial charge on any atom is 0.163 e. The average Bonchev–Trinajstić information content (AvgIpc) is 2.18. The summed E-state index contributed by atoms with van der Waals surface area (Å²) in [5.74, 6) is -1.96. The van der Waals surface area contributed by atoms with E-state index in [0.29, 0.717) is 0 Å². The second kappa shape index (κ2) is 4.71. The fraction of sp³-hybridized carbons (Fsp3) is 0.400. The van der Waals surface area contributed by atoms with E-state index in [1.54, 1.807) is 6.92 Å². The van der Waals surface area contributed by atoms with Crippen LogP contribution in [0.3, 0.4) is 0 Å². The van der Waals surface area contributed by atoms with Crippen LogP contribution in [-0.4, -0.2) is 11.7 Å². The summed E-state index contributed by atoms with van der Waals surface area (Å²) >= 11 is 5.71. The lowest BCUT2D eigenvalue weighted by Crippen LogP contribution is -2.07. The molecule has 1 atom stereocenters. The molecule has 0 saturated heterocycles. The molecule has 0 amide bonds. The standard InChI is InChI=1S/C10H11ClF2O/c1-6(5-14)4-7-8(11)2-3-9(12)10(7)13/h2-3,6,14H,4-5H2,1H3. The Morgan fingerprint density at radius 1 is 1.43 bits per heavy atom. The number of aliphatic hydroxyl groups is 1. The summed E-state index contributed by atoms with van der Waals surface area (Å²) in [7, 11) is 0. The van der Waals surface area contributed by atoms with Gasteiger partial charge >= 0.3 is 0 Å². The molecule has 0 aromatic heterocycles. The summed E-state index contributed by atoms with van der Waals surface area (Å²) in [6.45, 7) is 1.66. The predicted octanol–water partition coefficient (Wildman–Crippen LogP) is 2.79. The fourth-order valence-electron chi connectivity index (χ4n) is 1.17. The van der Waals surface area contributed by atoms with Gasteiger partial charge < -0.3 is 5.11 Å². The molecule has 1 aromatic rings. The van der Waals surface area contributed by atoms with Gasteiger partial charge in [-0.05, 0) is 24.5 Å². The van der Waals surface area contributed by atoms with Crippen LogP contribution in [0.2, 0.25) is 5.02 Å². The second-order valence-electron chi connectivity index (χ2n) is 3.31. The largest absolute Gasteiger partial charge is 0.396 e. The molecule has 0 spiro atoms. The van der Waals surface area contributed by atoms with Gasteiger partial charge in [-0.25, -0.2) is 8.78 Å². The molecule has 0 heterocycles. The van der Waals surface area contributed by atoms with Crippen molar-refractivity contribution < 1.29 is 13.9 Å². The minimum absolute atomic E-state index is 0.0771. The van der Waals surface area contributed by atoms with Crippen LogP contribution in [0.4, 0.5) is 8.78 Å². The third kappa shape index (κ3) is 2.42. The number of benzene rings is 1. The van der Waals surface area contributed by atoms with E-state index in [4.69, 9.17) is 16.7 Å². The Hall–Kier alpha value is -0.670. The quantitative estimate of drug-likeness (QED) is 0.777. The normalized spacial score (nSPS) is 12.9. The van der Waals surface area contributed by atoms with Crippen molar-refractivity contribution in [2.45, 2.75) is 13.3 Å². The molecule has 1 rings (SSSR count). The molecule has 0 radical (unpaired) electrons. The zero-order chi connectivity index (χ0) is 10.7. The molecule has 1 aromatic carbocycles. The SMILES string of the molecule is CC(CO)Cc1c(Cl)ccc(F)c1F. The number of halogens is 3. The molecule has 14 heavy (non-hydrogen) atoms. The maximum atomic E-state index is 13.2. The Kier molecular flexibility index (Phi) is 3.84. The Labute approximate surface area is 86.3 Å². The molecule has 0 fully saturated rings. The van der Waals surface area contributed by atoms with Gasteiger partial charge in [0.25, 0.3) is 0 Å². The summed E-state index contributed by atoms with van der Waals surface area (Å²) in [6.07, 6.45) is 0.235. The first kappa shape index (κ1) is 11.4. The van der Waals surface area contributed by atoms with Crippen LogP contribution in [0, 0.1) is 17.6 Å². The smallest absolute Gasteiger partial charge is 0.163 e. The monoisotopic (exact) mass is 220 g/mol. The van der Waals surface area contributed by atoms with Crippen molar-refractivity contribution >= 4 is 11.6 Å². The molecule has 1 unspecified atom stereocenters. The van der Waals surface area contributed by atoms with E-state index in [1.165, 1.54) is 6.07 Å². The minimum Gasteiger partial charge on any atom is -0.396 e. The van der Waals surface area contributed by atoms with Gasteiger partial charge in [0.2, 0.25) is 0 Å². The molecule has 1 N–H and O–H groups in total. The van der Waals surface area contributed by atoms with Gasteiger partial charge in [0.15, 0.2) is 11.6 Å². The van der Waals surface area contributed by atoms with Crippen molar-refractivity contribution in [2.75, 3.05) is 6.61 Å². The van der Waals surface area contributed by atoms with Gasteiger partial charge in [0.1, 0.15) is 0 Å². The van der Waals surface area contributed by atoms with E-state index in [0.717, 1.165) is 6.07 Å². The van der Waals surface area contributed by atoms with Crippen molar-refractivity contribution in [1.29, 1.82) is 0 Å². The molecular weight excluding hydrogens is 210 g/mol. The number of hydrogen-bond acceptors (Lipinski definition) is 1. The van der Waals surface area contributed by atoms with E-state index in [1.807, 2.05) is 0 Å². The topological polar surface area (TPSA) is 20.2 Å². The van der Waals surface area contributed by atoms with Crippen molar-refractivity contribution in [1.82, 2.24) is 0 Å². The predicted molar refractivity (Wildman–Crippen MR) is 51.3 cm³/mol. The molecule has 4 heteroatoms. The third-order valence-electron chi connectivity index (χ3n) is 2.00. The van der Waals surface area contributed by atoms with Crippen LogP contribution in [0.25, 0.3) is 0 Å². The zero-order valence-electron chi connectivity index (χ0n) is 7.73. The highest BCUT2D eigenvalue weighted by atomic mass is 35.5. The van der Waals surface area contributed by atoms with Crippen LogP contribution in [0.5, 0.6) is 0 Å². The first-order valence-corrected chi connectivity index (χ1v) is 4.67. The number of aliphatic hydroxyl groups excluding tert-OH is 1. The Morgan fingerprint density at radius 2 is 2.07 bits per heavy atom. The highest BCUT2D eigenvalue weighted by Crippen LogP contribution is 2.24. The molecule has 0 aliphatic carbocycles. The van der Waals surface area contributed by atoms with E-state index >= 15 is 0 Å². The zero-order valence-corrected chi connectivity index (χ0v) is 8.48. The first-order chi connectivity index (χ1) is 6.56. The summed E-state index contributed by atoms with van der Waals surface area (Å²) in [5, 5.41) is 8.99. The Bertz CT molecular complexity index is 328. The average molecular weight is 221 g/mol. The van der Waals surface area contributed by atoms with Crippen molar-refractivity contribution in [3.05, 3.63) is 34.4 Å². The maximum absolute atomic E-state index is 13.2. The molecule has 0 saturated carbocycles. The molecule has 78 valence electrons. The minimum atomic E-state index is -0.919. The van der Waals surface area contributed by atoms with Crippen molar-refractivity contribution in [3.8, 4) is 0 Å². The summed E-state index contributed by atoms with van der Waals surface area (Å²) in [4.78, 5) is 0. The number of rotatable bonds is 3. The highest BCUT2D eigenvalue weighted by Gasteiger charge is 2.14. The summed E-state index contributed by atoms with van der Waals surface area (Å²) < 4.78 is 26.0. The molecule has 1 nitrogen and oxygen atoms in total. The van der Waals surface area contributed by atoms with Crippen LogP contribution in [-0.2, 0) is 6.42 Å². The fourth-order valence-corrected chi connectivity index (χ4v) is 1.39. The molecule has 0 aliphatic rings. The van der Waals surface area contributed by atoms with Crippen LogP contribution < -0.4 is 0 Å². The lowest BCUT2D eigenvalue weighted by Gasteiger charge is -2.10.